The fourth-order valence-corrected chi connectivity index (χ4v) is 1.65. The van der Waals surface area contributed by atoms with Crippen molar-refractivity contribution in [1.82, 2.24) is 0 Å². The lowest BCUT2D eigenvalue weighted by molar-refractivity contribution is -0.384. The SMILES string of the molecule is O=[N+]([O-])c1ccc(F)cc1-c1ccc(Cl)cc1. The van der Waals surface area contributed by atoms with Crippen LogP contribution in [0.15, 0.2) is 42.5 Å². The largest absolute Gasteiger partial charge is 0.277 e. The summed E-state index contributed by atoms with van der Waals surface area (Å²) in [5.74, 6) is -0.513. The molecule has 0 atom stereocenters. The first-order valence-corrected chi connectivity index (χ1v) is 5.15. The normalized spacial score (nSPS) is 10.2. The Balaban J connectivity index is 2.60. The van der Waals surface area contributed by atoms with Crippen molar-refractivity contribution in [2.45, 2.75) is 0 Å². The van der Waals surface area contributed by atoms with Gasteiger partial charge in [-0.05, 0) is 29.8 Å². The summed E-state index contributed by atoms with van der Waals surface area (Å²) in [6.45, 7) is 0. The molecule has 2 aromatic carbocycles. The van der Waals surface area contributed by atoms with E-state index < -0.39 is 10.7 Å². The highest BCUT2D eigenvalue weighted by molar-refractivity contribution is 6.30. The average molecular weight is 252 g/mol. The number of rotatable bonds is 2. The van der Waals surface area contributed by atoms with Crippen LogP contribution < -0.4 is 0 Å². The molecular weight excluding hydrogens is 245 g/mol. The Morgan fingerprint density at radius 2 is 1.76 bits per heavy atom. The average Bonchev–Trinajstić information content (AvgIpc) is 2.29. The number of nitro benzene ring substituents is 1. The molecule has 0 heterocycles. The van der Waals surface area contributed by atoms with Crippen molar-refractivity contribution >= 4 is 17.3 Å². The number of benzene rings is 2. The number of nitrogens with zero attached hydrogens (tertiary/aromatic N) is 1. The summed E-state index contributed by atoms with van der Waals surface area (Å²) < 4.78 is 13.1. The zero-order valence-electron chi connectivity index (χ0n) is 8.56. The maximum Gasteiger partial charge on any atom is 0.277 e. The van der Waals surface area contributed by atoms with Gasteiger partial charge in [0.15, 0.2) is 0 Å². The van der Waals surface area contributed by atoms with Gasteiger partial charge in [-0.3, -0.25) is 10.1 Å². The number of halogens is 2. The number of hydrogen-bond donors (Lipinski definition) is 0. The molecule has 0 amide bonds. The molecule has 0 aliphatic heterocycles. The summed E-state index contributed by atoms with van der Waals surface area (Å²) in [6.07, 6.45) is 0. The fourth-order valence-electron chi connectivity index (χ4n) is 1.53. The first-order valence-electron chi connectivity index (χ1n) is 4.78. The first kappa shape index (κ1) is 11.5. The van der Waals surface area contributed by atoms with Gasteiger partial charge in [-0.25, -0.2) is 4.39 Å². The molecule has 2 aromatic rings. The van der Waals surface area contributed by atoms with Crippen LogP contribution in [0.1, 0.15) is 0 Å². The lowest BCUT2D eigenvalue weighted by atomic mass is 10.0. The molecule has 0 unspecified atom stereocenters. The van der Waals surface area contributed by atoms with Gasteiger partial charge >= 0.3 is 0 Å². The van der Waals surface area contributed by atoms with E-state index in [0.717, 1.165) is 18.2 Å². The van der Waals surface area contributed by atoms with E-state index in [1.807, 2.05) is 0 Å². The second-order valence-electron chi connectivity index (χ2n) is 3.43. The number of hydrogen-bond acceptors (Lipinski definition) is 2. The zero-order chi connectivity index (χ0) is 12.4. The molecule has 0 bridgehead atoms. The maximum absolute atomic E-state index is 13.1. The Kier molecular flexibility index (Phi) is 3.06. The van der Waals surface area contributed by atoms with Gasteiger partial charge in [-0.2, -0.15) is 0 Å². The second-order valence-corrected chi connectivity index (χ2v) is 3.86. The summed E-state index contributed by atoms with van der Waals surface area (Å²) in [7, 11) is 0. The predicted molar refractivity (Wildman–Crippen MR) is 63.5 cm³/mol. The molecule has 0 aliphatic carbocycles. The molecule has 5 heteroatoms. The standard InChI is InChI=1S/C12H7ClFNO2/c13-9-3-1-8(2-4-9)11-7-10(14)5-6-12(11)15(16)17/h1-7H. The van der Waals surface area contributed by atoms with E-state index in [0.29, 0.717) is 10.6 Å². The van der Waals surface area contributed by atoms with E-state index in [1.54, 1.807) is 24.3 Å². The molecule has 0 saturated heterocycles. The Morgan fingerprint density at radius 1 is 1.12 bits per heavy atom. The molecular formula is C12H7ClFNO2. The van der Waals surface area contributed by atoms with Crippen LogP contribution in [0.4, 0.5) is 10.1 Å². The van der Waals surface area contributed by atoms with Gasteiger partial charge in [0, 0.05) is 11.1 Å². The van der Waals surface area contributed by atoms with Crippen LogP contribution >= 0.6 is 11.6 Å². The van der Waals surface area contributed by atoms with Crippen molar-refractivity contribution in [3.8, 4) is 11.1 Å². The highest BCUT2D eigenvalue weighted by atomic mass is 35.5. The van der Waals surface area contributed by atoms with Gasteiger partial charge in [-0.1, -0.05) is 23.7 Å². The van der Waals surface area contributed by atoms with Crippen LogP contribution in [0, 0.1) is 15.9 Å². The van der Waals surface area contributed by atoms with Crippen LogP contribution in [0.25, 0.3) is 11.1 Å². The van der Waals surface area contributed by atoms with E-state index in [2.05, 4.69) is 0 Å². The van der Waals surface area contributed by atoms with Gasteiger partial charge in [0.2, 0.25) is 0 Å². The van der Waals surface area contributed by atoms with Crippen molar-refractivity contribution in [2.75, 3.05) is 0 Å². The Bertz CT molecular complexity index is 569. The van der Waals surface area contributed by atoms with Gasteiger partial charge in [0.05, 0.1) is 10.5 Å². The third kappa shape index (κ3) is 2.42. The molecule has 0 saturated carbocycles. The molecule has 2 rings (SSSR count). The minimum absolute atomic E-state index is 0.131. The quantitative estimate of drug-likeness (QED) is 0.597. The van der Waals surface area contributed by atoms with Crippen molar-refractivity contribution in [2.24, 2.45) is 0 Å². The molecule has 0 spiro atoms. The molecule has 3 nitrogen and oxygen atoms in total. The van der Waals surface area contributed by atoms with E-state index in [-0.39, 0.29) is 11.3 Å². The van der Waals surface area contributed by atoms with Gasteiger partial charge in [-0.15, -0.1) is 0 Å². The summed E-state index contributed by atoms with van der Waals surface area (Å²) >= 11 is 5.72. The van der Waals surface area contributed by atoms with E-state index in [9.17, 15) is 14.5 Å². The lowest BCUT2D eigenvalue weighted by Gasteiger charge is -2.03. The van der Waals surface area contributed by atoms with Crippen LogP contribution in [0.5, 0.6) is 0 Å². The van der Waals surface area contributed by atoms with Crippen LogP contribution in [0.2, 0.25) is 5.02 Å². The third-order valence-electron chi connectivity index (χ3n) is 2.31. The Hall–Kier alpha value is -1.94. The molecule has 86 valence electrons. The molecule has 0 aromatic heterocycles. The van der Waals surface area contributed by atoms with Gasteiger partial charge in [0.25, 0.3) is 5.69 Å². The third-order valence-corrected chi connectivity index (χ3v) is 2.56. The predicted octanol–water partition coefficient (Wildman–Crippen LogP) is 4.05. The molecule has 0 fully saturated rings. The lowest BCUT2D eigenvalue weighted by Crippen LogP contribution is -1.92. The van der Waals surface area contributed by atoms with Crippen LogP contribution in [-0.4, -0.2) is 4.92 Å². The van der Waals surface area contributed by atoms with Crippen LogP contribution in [-0.2, 0) is 0 Å². The highest BCUT2D eigenvalue weighted by Crippen LogP contribution is 2.31. The summed E-state index contributed by atoms with van der Waals surface area (Å²) in [4.78, 5) is 10.3. The van der Waals surface area contributed by atoms with Crippen LogP contribution in [0.3, 0.4) is 0 Å². The van der Waals surface area contributed by atoms with E-state index in [1.165, 1.54) is 0 Å². The summed E-state index contributed by atoms with van der Waals surface area (Å²) in [5.41, 5.74) is 0.668. The second kappa shape index (κ2) is 4.51. The minimum atomic E-state index is -0.538. The molecule has 17 heavy (non-hydrogen) atoms. The summed E-state index contributed by atoms with van der Waals surface area (Å²) in [5, 5.41) is 11.4. The van der Waals surface area contributed by atoms with Gasteiger partial charge < -0.3 is 0 Å². The molecule has 0 aliphatic rings. The Morgan fingerprint density at radius 3 is 2.35 bits per heavy atom. The van der Waals surface area contributed by atoms with Crippen molar-refractivity contribution in [3.63, 3.8) is 0 Å². The summed E-state index contributed by atoms with van der Waals surface area (Å²) in [6, 6.07) is 9.80. The van der Waals surface area contributed by atoms with E-state index in [4.69, 9.17) is 11.6 Å². The molecule has 0 radical (unpaired) electrons. The van der Waals surface area contributed by atoms with Crippen molar-refractivity contribution in [1.29, 1.82) is 0 Å². The minimum Gasteiger partial charge on any atom is -0.258 e. The van der Waals surface area contributed by atoms with Gasteiger partial charge in [0.1, 0.15) is 5.82 Å². The fraction of sp³-hybridized carbons (Fsp3) is 0. The van der Waals surface area contributed by atoms with E-state index >= 15 is 0 Å². The smallest absolute Gasteiger partial charge is 0.258 e. The van der Waals surface area contributed by atoms with Crippen molar-refractivity contribution < 1.29 is 9.31 Å². The maximum atomic E-state index is 13.1. The Labute approximate surface area is 102 Å². The monoisotopic (exact) mass is 251 g/mol. The van der Waals surface area contributed by atoms with Crippen molar-refractivity contribution in [3.05, 3.63) is 63.4 Å². The molecule has 0 N–H and O–H groups in total. The topological polar surface area (TPSA) is 43.1 Å². The highest BCUT2D eigenvalue weighted by Gasteiger charge is 2.15. The zero-order valence-corrected chi connectivity index (χ0v) is 9.32. The first-order chi connectivity index (χ1) is 8.08. The number of nitro groups is 1.